The molecule has 0 unspecified atom stereocenters. The largest absolute Gasteiger partial charge is 0.326 e. The molecule has 2 nitrogen and oxygen atoms in total. The zero-order chi connectivity index (χ0) is 14.7. The van der Waals surface area contributed by atoms with Gasteiger partial charge in [-0.15, -0.1) is 0 Å². The Bertz CT molecular complexity index is 775. The standard InChI is InChI=1S/C18H14INO/c19-15-8-10-16(11-9-15)20-18(21)12-14-6-3-5-13-4-1-2-7-17(13)14/h1-11H,12H2,(H,20,21). The highest BCUT2D eigenvalue weighted by molar-refractivity contribution is 14.1. The van der Waals surface area contributed by atoms with Crippen molar-refractivity contribution in [3.8, 4) is 0 Å². The van der Waals surface area contributed by atoms with Gasteiger partial charge in [-0.25, -0.2) is 0 Å². The van der Waals surface area contributed by atoms with Gasteiger partial charge in [-0.2, -0.15) is 0 Å². The smallest absolute Gasteiger partial charge is 0.228 e. The molecule has 1 N–H and O–H groups in total. The Morgan fingerprint density at radius 3 is 2.43 bits per heavy atom. The molecule has 104 valence electrons. The van der Waals surface area contributed by atoms with Gasteiger partial charge in [-0.3, -0.25) is 4.79 Å². The first-order valence-electron chi connectivity index (χ1n) is 6.74. The summed E-state index contributed by atoms with van der Waals surface area (Å²) in [5, 5.41) is 5.24. The molecule has 0 fully saturated rings. The number of carbonyl (C=O) groups excluding carboxylic acids is 1. The molecule has 21 heavy (non-hydrogen) atoms. The number of carbonyl (C=O) groups is 1. The second-order valence-corrected chi connectivity index (χ2v) is 6.12. The summed E-state index contributed by atoms with van der Waals surface area (Å²) in [6.07, 6.45) is 0.382. The van der Waals surface area contributed by atoms with Crippen molar-refractivity contribution in [1.29, 1.82) is 0 Å². The molecule has 0 aliphatic heterocycles. The van der Waals surface area contributed by atoms with Crippen molar-refractivity contribution in [2.75, 3.05) is 5.32 Å². The van der Waals surface area contributed by atoms with Crippen LogP contribution in [0.1, 0.15) is 5.56 Å². The molecule has 0 aliphatic rings. The highest BCUT2D eigenvalue weighted by Crippen LogP contribution is 2.19. The fourth-order valence-electron chi connectivity index (χ4n) is 2.36. The molecule has 0 radical (unpaired) electrons. The van der Waals surface area contributed by atoms with Crippen LogP contribution in [0.4, 0.5) is 5.69 Å². The topological polar surface area (TPSA) is 29.1 Å². The molecule has 0 aromatic heterocycles. The minimum Gasteiger partial charge on any atom is -0.326 e. The van der Waals surface area contributed by atoms with E-state index in [1.807, 2.05) is 48.5 Å². The first kappa shape index (κ1) is 14.1. The third-order valence-electron chi connectivity index (χ3n) is 3.36. The van der Waals surface area contributed by atoms with Crippen molar-refractivity contribution >= 4 is 45.0 Å². The summed E-state index contributed by atoms with van der Waals surface area (Å²) in [6, 6.07) is 22.0. The SMILES string of the molecule is O=C(Cc1cccc2ccccc12)Nc1ccc(I)cc1. The maximum atomic E-state index is 12.2. The molecule has 3 aromatic carbocycles. The van der Waals surface area contributed by atoms with Crippen LogP contribution in [0.25, 0.3) is 10.8 Å². The minimum absolute atomic E-state index is 0.00700. The summed E-state index contributed by atoms with van der Waals surface area (Å²) in [6.45, 7) is 0. The molecular formula is C18H14INO. The predicted octanol–water partition coefficient (Wildman–Crippen LogP) is 4.63. The third kappa shape index (κ3) is 3.42. The van der Waals surface area contributed by atoms with E-state index in [0.29, 0.717) is 6.42 Å². The normalized spacial score (nSPS) is 10.5. The maximum Gasteiger partial charge on any atom is 0.228 e. The molecule has 0 heterocycles. The number of hydrogen-bond acceptors (Lipinski definition) is 1. The van der Waals surface area contributed by atoms with Crippen molar-refractivity contribution in [3.05, 3.63) is 75.9 Å². The Hall–Kier alpha value is -1.88. The number of anilines is 1. The van der Waals surface area contributed by atoms with E-state index in [0.717, 1.165) is 25.6 Å². The zero-order valence-corrected chi connectivity index (χ0v) is 13.5. The summed E-state index contributed by atoms with van der Waals surface area (Å²) in [7, 11) is 0. The van der Waals surface area contributed by atoms with E-state index in [9.17, 15) is 4.79 Å². The lowest BCUT2D eigenvalue weighted by Gasteiger charge is -2.08. The van der Waals surface area contributed by atoms with Crippen molar-refractivity contribution in [2.45, 2.75) is 6.42 Å². The van der Waals surface area contributed by atoms with Crippen LogP contribution in [-0.4, -0.2) is 5.91 Å². The van der Waals surface area contributed by atoms with Crippen molar-refractivity contribution in [3.63, 3.8) is 0 Å². The van der Waals surface area contributed by atoms with Crippen LogP contribution in [0.5, 0.6) is 0 Å². The first-order valence-corrected chi connectivity index (χ1v) is 7.82. The second kappa shape index (κ2) is 6.26. The molecule has 0 atom stereocenters. The minimum atomic E-state index is 0.00700. The molecule has 0 saturated heterocycles. The lowest BCUT2D eigenvalue weighted by atomic mass is 10.0. The van der Waals surface area contributed by atoms with Crippen LogP contribution in [0.3, 0.4) is 0 Å². The van der Waals surface area contributed by atoms with E-state index in [1.54, 1.807) is 0 Å². The molecule has 0 aliphatic carbocycles. The van der Waals surface area contributed by atoms with E-state index >= 15 is 0 Å². The molecule has 3 aromatic rings. The van der Waals surface area contributed by atoms with E-state index < -0.39 is 0 Å². The van der Waals surface area contributed by atoms with Gasteiger partial charge in [0.05, 0.1) is 6.42 Å². The van der Waals surface area contributed by atoms with Crippen LogP contribution < -0.4 is 5.32 Å². The van der Waals surface area contributed by atoms with Gasteiger partial charge in [-0.05, 0) is 63.2 Å². The maximum absolute atomic E-state index is 12.2. The van der Waals surface area contributed by atoms with Gasteiger partial charge >= 0.3 is 0 Å². The quantitative estimate of drug-likeness (QED) is 0.653. The average Bonchev–Trinajstić information content (AvgIpc) is 2.50. The summed E-state index contributed by atoms with van der Waals surface area (Å²) >= 11 is 2.25. The first-order chi connectivity index (χ1) is 10.2. The molecule has 0 saturated carbocycles. The second-order valence-electron chi connectivity index (χ2n) is 4.87. The lowest BCUT2D eigenvalue weighted by Crippen LogP contribution is -2.14. The number of nitrogens with one attached hydrogen (secondary N) is 1. The van der Waals surface area contributed by atoms with Crippen LogP contribution in [-0.2, 0) is 11.2 Å². The van der Waals surface area contributed by atoms with E-state index in [1.165, 1.54) is 0 Å². The van der Waals surface area contributed by atoms with Gasteiger partial charge in [0.25, 0.3) is 0 Å². The molecule has 3 heteroatoms. The summed E-state index contributed by atoms with van der Waals surface area (Å²) < 4.78 is 1.15. The van der Waals surface area contributed by atoms with Crippen molar-refractivity contribution in [1.82, 2.24) is 0 Å². The van der Waals surface area contributed by atoms with E-state index in [2.05, 4.69) is 46.1 Å². The van der Waals surface area contributed by atoms with Crippen molar-refractivity contribution in [2.24, 2.45) is 0 Å². The Balaban J connectivity index is 1.79. The fraction of sp³-hybridized carbons (Fsp3) is 0.0556. The number of hydrogen-bond donors (Lipinski definition) is 1. The Morgan fingerprint density at radius 2 is 1.62 bits per heavy atom. The average molecular weight is 387 g/mol. The number of benzene rings is 3. The van der Waals surface area contributed by atoms with Crippen LogP contribution in [0, 0.1) is 3.57 Å². The van der Waals surface area contributed by atoms with Crippen LogP contribution in [0.2, 0.25) is 0 Å². The van der Waals surface area contributed by atoms with Gasteiger partial charge in [0.1, 0.15) is 0 Å². The molecule has 0 bridgehead atoms. The highest BCUT2D eigenvalue weighted by Gasteiger charge is 2.07. The van der Waals surface area contributed by atoms with Gasteiger partial charge in [0.2, 0.25) is 5.91 Å². The van der Waals surface area contributed by atoms with E-state index in [4.69, 9.17) is 0 Å². The number of fused-ring (bicyclic) bond motifs is 1. The molecule has 0 spiro atoms. The van der Waals surface area contributed by atoms with E-state index in [-0.39, 0.29) is 5.91 Å². The highest BCUT2D eigenvalue weighted by atomic mass is 127. The molecule has 1 amide bonds. The Morgan fingerprint density at radius 1 is 0.905 bits per heavy atom. The van der Waals surface area contributed by atoms with Crippen LogP contribution in [0.15, 0.2) is 66.7 Å². The van der Waals surface area contributed by atoms with Gasteiger partial charge in [0.15, 0.2) is 0 Å². The predicted molar refractivity (Wildman–Crippen MR) is 95.4 cm³/mol. The summed E-state index contributed by atoms with van der Waals surface area (Å²) in [5.41, 5.74) is 1.89. The summed E-state index contributed by atoms with van der Waals surface area (Å²) in [5.74, 6) is 0.00700. The third-order valence-corrected chi connectivity index (χ3v) is 4.08. The zero-order valence-electron chi connectivity index (χ0n) is 11.3. The number of rotatable bonds is 3. The monoisotopic (exact) mass is 387 g/mol. The van der Waals surface area contributed by atoms with Gasteiger partial charge in [0, 0.05) is 9.26 Å². The Kier molecular flexibility index (Phi) is 4.20. The number of amides is 1. The Labute approximate surface area is 137 Å². The van der Waals surface area contributed by atoms with Gasteiger partial charge in [-0.1, -0.05) is 42.5 Å². The lowest BCUT2D eigenvalue weighted by molar-refractivity contribution is -0.115. The van der Waals surface area contributed by atoms with Crippen LogP contribution >= 0.6 is 22.6 Å². The molecule has 3 rings (SSSR count). The van der Waals surface area contributed by atoms with Gasteiger partial charge < -0.3 is 5.32 Å². The fourth-order valence-corrected chi connectivity index (χ4v) is 2.72. The number of halogens is 1. The molecular weight excluding hydrogens is 373 g/mol. The summed E-state index contributed by atoms with van der Waals surface area (Å²) in [4.78, 5) is 12.2. The van der Waals surface area contributed by atoms with Crippen molar-refractivity contribution < 1.29 is 4.79 Å².